The Morgan fingerprint density at radius 1 is 0.724 bits per heavy atom. The van der Waals surface area contributed by atoms with E-state index in [1.807, 2.05) is 30.3 Å². The van der Waals surface area contributed by atoms with Crippen LogP contribution in [0.5, 0.6) is 0 Å². The van der Waals surface area contributed by atoms with Crippen molar-refractivity contribution in [3.63, 3.8) is 0 Å². The predicted molar refractivity (Wildman–Crippen MR) is 108 cm³/mol. The van der Waals surface area contributed by atoms with Crippen LogP contribution in [0, 0.1) is 0 Å². The third-order valence-corrected chi connectivity index (χ3v) is 4.03. The highest BCUT2D eigenvalue weighted by atomic mass is 16.5. The molecule has 0 saturated carbocycles. The molecule has 0 aliphatic rings. The monoisotopic (exact) mass is 390 g/mol. The van der Waals surface area contributed by atoms with Gasteiger partial charge in [0, 0.05) is 0 Å². The number of hydrogen-bond acceptors (Lipinski definition) is 4. The second-order valence-electron chi connectivity index (χ2n) is 6.04. The summed E-state index contributed by atoms with van der Waals surface area (Å²) in [7, 11) is 0. The molecule has 7 heteroatoms. The Balaban J connectivity index is 1.71. The van der Waals surface area contributed by atoms with Gasteiger partial charge in [0.15, 0.2) is 0 Å². The largest absolute Gasteiger partial charge is 0.478 e. The fourth-order valence-corrected chi connectivity index (χ4v) is 2.63. The molecule has 0 bridgehead atoms. The number of carboxylic acid groups (broad SMARTS) is 1. The molecule has 0 aliphatic heterocycles. The first-order chi connectivity index (χ1) is 14.0. The molecule has 3 rings (SSSR count). The van der Waals surface area contributed by atoms with Gasteiger partial charge in [0.2, 0.25) is 0 Å². The molecule has 0 atom stereocenters. The molecular formula is C22H18N2O5. The molecule has 2 amide bonds. The van der Waals surface area contributed by atoms with Crippen molar-refractivity contribution >= 4 is 29.3 Å². The van der Waals surface area contributed by atoms with E-state index >= 15 is 0 Å². The summed E-state index contributed by atoms with van der Waals surface area (Å²) in [5.74, 6) is -1.71. The smallest absolute Gasteiger partial charge is 0.411 e. The van der Waals surface area contributed by atoms with E-state index < -0.39 is 18.0 Å². The number of nitrogens with one attached hydrogen (secondary N) is 2. The molecule has 0 aromatic heterocycles. The summed E-state index contributed by atoms with van der Waals surface area (Å²) in [6, 6.07) is 21.6. The summed E-state index contributed by atoms with van der Waals surface area (Å²) in [5, 5.41) is 14.4. The minimum Gasteiger partial charge on any atom is -0.478 e. The van der Waals surface area contributed by atoms with E-state index in [2.05, 4.69) is 10.6 Å². The van der Waals surface area contributed by atoms with Gasteiger partial charge in [-0.3, -0.25) is 10.1 Å². The van der Waals surface area contributed by atoms with Gasteiger partial charge >= 0.3 is 12.1 Å². The van der Waals surface area contributed by atoms with Gasteiger partial charge in [-0.1, -0.05) is 54.6 Å². The van der Waals surface area contributed by atoms with Gasteiger partial charge in [-0.25, -0.2) is 9.59 Å². The molecule has 3 aromatic carbocycles. The highest BCUT2D eigenvalue weighted by molar-refractivity contribution is 6.11. The molecule has 3 N–H and O–H groups in total. The first-order valence-electron chi connectivity index (χ1n) is 8.75. The molecule has 0 unspecified atom stereocenters. The number of benzene rings is 3. The first-order valence-corrected chi connectivity index (χ1v) is 8.75. The number of amides is 2. The third-order valence-electron chi connectivity index (χ3n) is 4.03. The number of carbonyl (C=O) groups is 3. The van der Waals surface area contributed by atoms with Crippen molar-refractivity contribution in [3.05, 3.63) is 95.6 Å². The Morgan fingerprint density at radius 2 is 1.28 bits per heavy atom. The maximum absolute atomic E-state index is 12.7. The van der Waals surface area contributed by atoms with E-state index in [1.165, 1.54) is 18.2 Å². The summed E-state index contributed by atoms with van der Waals surface area (Å²) < 4.78 is 5.18. The highest BCUT2D eigenvalue weighted by Crippen LogP contribution is 2.20. The SMILES string of the molecule is O=C(Nc1ccccc1C(=O)Nc1ccccc1C(=O)O)OCc1ccccc1. The fraction of sp³-hybridized carbons (Fsp3) is 0.0455. The number of rotatable bonds is 6. The normalized spacial score (nSPS) is 10.1. The third kappa shape index (κ3) is 5.20. The van der Waals surface area contributed by atoms with Crippen molar-refractivity contribution in [2.45, 2.75) is 6.61 Å². The van der Waals surface area contributed by atoms with E-state index in [1.54, 1.807) is 30.3 Å². The summed E-state index contributed by atoms with van der Waals surface area (Å²) in [6.07, 6.45) is -0.708. The zero-order chi connectivity index (χ0) is 20.6. The van der Waals surface area contributed by atoms with Gasteiger partial charge in [-0.05, 0) is 29.8 Å². The summed E-state index contributed by atoms with van der Waals surface area (Å²) in [6.45, 7) is 0.0903. The van der Waals surface area contributed by atoms with Crippen molar-refractivity contribution < 1.29 is 24.2 Å². The van der Waals surface area contributed by atoms with Gasteiger partial charge < -0.3 is 15.2 Å². The van der Waals surface area contributed by atoms with Crippen LogP contribution < -0.4 is 10.6 Å². The molecule has 146 valence electrons. The molecule has 0 heterocycles. The number of carbonyl (C=O) groups excluding carboxylic acids is 2. The second-order valence-corrected chi connectivity index (χ2v) is 6.04. The molecule has 0 fully saturated rings. The number of aromatic carboxylic acids is 1. The van der Waals surface area contributed by atoms with Crippen LogP contribution in [0.25, 0.3) is 0 Å². The standard InChI is InChI=1S/C22H18N2O5/c25-20(23-19-13-7-5-11-17(19)21(26)27)16-10-4-6-12-18(16)24-22(28)29-14-15-8-2-1-3-9-15/h1-13H,14H2,(H,23,25)(H,24,28)(H,26,27). The zero-order valence-electron chi connectivity index (χ0n) is 15.3. The lowest BCUT2D eigenvalue weighted by atomic mass is 10.1. The lowest BCUT2D eigenvalue weighted by molar-refractivity contribution is 0.0698. The fourth-order valence-electron chi connectivity index (χ4n) is 2.63. The maximum atomic E-state index is 12.7. The van der Waals surface area contributed by atoms with Crippen molar-refractivity contribution in [3.8, 4) is 0 Å². The number of hydrogen-bond donors (Lipinski definition) is 3. The minimum absolute atomic E-state index is 0.0337. The number of carboxylic acids is 1. The van der Waals surface area contributed by atoms with E-state index in [9.17, 15) is 19.5 Å². The van der Waals surface area contributed by atoms with E-state index in [0.717, 1.165) is 5.56 Å². The van der Waals surface area contributed by atoms with Crippen LogP contribution in [0.15, 0.2) is 78.9 Å². The molecule has 0 aliphatic carbocycles. The number of para-hydroxylation sites is 2. The first kappa shape index (κ1) is 19.6. The van der Waals surface area contributed by atoms with Gasteiger partial charge in [0.25, 0.3) is 5.91 Å². The predicted octanol–water partition coefficient (Wildman–Crippen LogP) is 4.39. The number of ether oxygens (including phenoxy) is 1. The molecule has 0 spiro atoms. The topological polar surface area (TPSA) is 105 Å². The van der Waals surface area contributed by atoms with Crippen LogP contribution in [-0.2, 0) is 11.3 Å². The Hall–Kier alpha value is -4.13. The van der Waals surface area contributed by atoms with Crippen LogP contribution >= 0.6 is 0 Å². The van der Waals surface area contributed by atoms with Crippen molar-refractivity contribution in [1.29, 1.82) is 0 Å². The molecule has 29 heavy (non-hydrogen) atoms. The summed E-state index contributed by atoms with van der Waals surface area (Å²) in [5.41, 5.74) is 1.37. The Bertz CT molecular complexity index is 1030. The van der Waals surface area contributed by atoms with Crippen LogP contribution in [0.3, 0.4) is 0 Å². The quantitative estimate of drug-likeness (QED) is 0.579. The van der Waals surface area contributed by atoms with Gasteiger partial charge in [-0.2, -0.15) is 0 Å². The maximum Gasteiger partial charge on any atom is 0.411 e. The van der Waals surface area contributed by atoms with Crippen LogP contribution in [0.2, 0.25) is 0 Å². The molecule has 0 radical (unpaired) electrons. The zero-order valence-corrected chi connectivity index (χ0v) is 15.3. The summed E-state index contributed by atoms with van der Waals surface area (Å²) >= 11 is 0. The average molecular weight is 390 g/mol. The average Bonchev–Trinajstić information content (AvgIpc) is 2.73. The summed E-state index contributed by atoms with van der Waals surface area (Å²) in [4.78, 5) is 36.1. The Labute approximate surface area is 166 Å². The van der Waals surface area contributed by atoms with E-state index in [4.69, 9.17) is 4.74 Å². The van der Waals surface area contributed by atoms with Crippen molar-refractivity contribution in [2.75, 3.05) is 10.6 Å². The van der Waals surface area contributed by atoms with E-state index in [-0.39, 0.29) is 29.1 Å². The van der Waals surface area contributed by atoms with Crippen LogP contribution in [0.4, 0.5) is 16.2 Å². The lowest BCUT2D eigenvalue weighted by Gasteiger charge is -2.13. The minimum atomic E-state index is -1.16. The molecule has 3 aromatic rings. The molecular weight excluding hydrogens is 372 g/mol. The van der Waals surface area contributed by atoms with Crippen molar-refractivity contribution in [1.82, 2.24) is 0 Å². The molecule has 7 nitrogen and oxygen atoms in total. The second kappa shape index (κ2) is 9.18. The Morgan fingerprint density at radius 3 is 1.93 bits per heavy atom. The van der Waals surface area contributed by atoms with Gasteiger partial charge in [0.1, 0.15) is 6.61 Å². The van der Waals surface area contributed by atoms with Crippen molar-refractivity contribution in [2.24, 2.45) is 0 Å². The Kier molecular flexibility index (Phi) is 6.22. The van der Waals surface area contributed by atoms with Crippen LogP contribution in [-0.4, -0.2) is 23.1 Å². The lowest BCUT2D eigenvalue weighted by Crippen LogP contribution is -2.19. The highest BCUT2D eigenvalue weighted by Gasteiger charge is 2.17. The molecule has 0 saturated heterocycles. The van der Waals surface area contributed by atoms with Gasteiger partial charge in [-0.15, -0.1) is 0 Å². The van der Waals surface area contributed by atoms with Gasteiger partial charge in [0.05, 0.1) is 22.5 Å². The van der Waals surface area contributed by atoms with Crippen LogP contribution in [0.1, 0.15) is 26.3 Å². The van der Waals surface area contributed by atoms with E-state index in [0.29, 0.717) is 0 Å². The number of anilines is 2.